The normalized spacial score (nSPS) is 16.1. The zero-order chi connectivity index (χ0) is 14.4. The van der Waals surface area contributed by atoms with E-state index in [1.165, 1.54) is 31.2 Å². The molecular weight excluding hydrogens is 262 g/mol. The van der Waals surface area contributed by atoms with Crippen molar-refractivity contribution < 1.29 is 0 Å². The molecule has 0 atom stereocenters. The molecule has 0 unspecified atom stereocenters. The molecule has 108 valence electrons. The van der Waals surface area contributed by atoms with Gasteiger partial charge in [-0.25, -0.2) is 9.97 Å². The van der Waals surface area contributed by atoms with E-state index in [1.807, 2.05) is 19.2 Å². The van der Waals surface area contributed by atoms with Crippen LogP contribution in [0.1, 0.15) is 43.0 Å². The molecule has 3 aromatic heterocycles. The van der Waals surface area contributed by atoms with E-state index in [-0.39, 0.29) is 0 Å². The van der Waals surface area contributed by atoms with Gasteiger partial charge in [0.1, 0.15) is 5.69 Å². The molecule has 0 aromatic carbocycles. The number of imidazole rings is 1. The summed E-state index contributed by atoms with van der Waals surface area (Å²) in [5.74, 6) is 0.874. The van der Waals surface area contributed by atoms with Gasteiger partial charge < -0.3 is 4.98 Å². The number of aromatic nitrogens is 5. The maximum absolute atomic E-state index is 4.70. The van der Waals surface area contributed by atoms with E-state index in [0.29, 0.717) is 6.04 Å². The molecule has 5 heteroatoms. The van der Waals surface area contributed by atoms with Crippen molar-refractivity contribution in [2.24, 2.45) is 0 Å². The number of pyridine rings is 1. The van der Waals surface area contributed by atoms with Crippen LogP contribution in [0.2, 0.25) is 0 Å². The fourth-order valence-electron chi connectivity index (χ4n) is 3.28. The van der Waals surface area contributed by atoms with Gasteiger partial charge in [0.15, 0.2) is 11.5 Å². The number of aryl methyl sites for hydroxylation is 2. The Morgan fingerprint density at radius 1 is 1.24 bits per heavy atom. The van der Waals surface area contributed by atoms with Gasteiger partial charge in [0, 0.05) is 6.20 Å². The molecule has 4 rings (SSSR count). The van der Waals surface area contributed by atoms with Crippen LogP contribution in [0.3, 0.4) is 0 Å². The SMILES string of the molecule is Cc1cc(-c2nc3nccc(C)c3[nH]2)n(C2CCCC2)n1. The monoisotopic (exact) mass is 281 g/mol. The molecule has 21 heavy (non-hydrogen) atoms. The van der Waals surface area contributed by atoms with Crippen molar-refractivity contribution in [2.45, 2.75) is 45.6 Å². The first-order chi connectivity index (χ1) is 10.2. The molecule has 1 aliphatic rings. The summed E-state index contributed by atoms with van der Waals surface area (Å²) in [5, 5.41) is 4.70. The van der Waals surface area contributed by atoms with Gasteiger partial charge in [-0.1, -0.05) is 12.8 Å². The largest absolute Gasteiger partial charge is 0.335 e. The van der Waals surface area contributed by atoms with Gasteiger partial charge in [0.05, 0.1) is 17.3 Å². The quantitative estimate of drug-likeness (QED) is 0.781. The maximum atomic E-state index is 4.70. The van der Waals surface area contributed by atoms with E-state index < -0.39 is 0 Å². The van der Waals surface area contributed by atoms with Crippen molar-refractivity contribution in [3.05, 3.63) is 29.6 Å². The lowest BCUT2D eigenvalue weighted by Crippen LogP contribution is -2.08. The summed E-state index contributed by atoms with van der Waals surface area (Å²) < 4.78 is 2.16. The van der Waals surface area contributed by atoms with Crippen molar-refractivity contribution in [3.8, 4) is 11.5 Å². The molecule has 0 aliphatic heterocycles. The van der Waals surface area contributed by atoms with Crippen molar-refractivity contribution in [1.29, 1.82) is 0 Å². The van der Waals surface area contributed by atoms with Crippen LogP contribution < -0.4 is 0 Å². The molecule has 3 aromatic rings. The second-order valence-corrected chi connectivity index (χ2v) is 5.97. The van der Waals surface area contributed by atoms with Gasteiger partial charge in [-0.15, -0.1) is 0 Å². The van der Waals surface area contributed by atoms with Crippen LogP contribution in [0, 0.1) is 13.8 Å². The molecular formula is C16H19N5. The Morgan fingerprint density at radius 2 is 2.05 bits per heavy atom. The van der Waals surface area contributed by atoms with Crippen molar-refractivity contribution in [1.82, 2.24) is 24.7 Å². The molecule has 0 bridgehead atoms. The highest BCUT2D eigenvalue weighted by molar-refractivity contribution is 5.78. The third-order valence-corrected chi connectivity index (χ3v) is 4.37. The van der Waals surface area contributed by atoms with Crippen LogP contribution in [-0.2, 0) is 0 Å². The van der Waals surface area contributed by atoms with Gasteiger partial charge in [-0.2, -0.15) is 5.10 Å². The summed E-state index contributed by atoms with van der Waals surface area (Å²) in [6, 6.07) is 4.63. The number of hydrogen-bond acceptors (Lipinski definition) is 3. The highest BCUT2D eigenvalue weighted by Gasteiger charge is 2.22. The Hall–Kier alpha value is -2.17. The number of hydrogen-bond donors (Lipinski definition) is 1. The minimum Gasteiger partial charge on any atom is -0.335 e. The Morgan fingerprint density at radius 3 is 2.81 bits per heavy atom. The lowest BCUT2D eigenvalue weighted by atomic mass is 10.2. The second kappa shape index (κ2) is 4.69. The highest BCUT2D eigenvalue weighted by atomic mass is 15.3. The average Bonchev–Trinajstić information content (AvgIpc) is 3.16. The molecule has 1 fully saturated rings. The van der Waals surface area contributed by atoms with Crippen LogP contribution in [-0.4, -0.2) is 24.7 Å². The molecule has 1 N–H and O–H groups in total. The Labute approximate surface area is 123 Å². The summed E-state index contributed by atoms with van der Waals surface area (Å²) in [4.78, 5) is 12.4. The van der Waals surface area contributed by atoms with Gasteiger partial charge >= 0.3 is 0 Å². The van der Waals surface area contributed by atoms with Gasteiger partial charge in [0.2, 0.25) is 0 Å². The smallest absolute Gasteiger partial charge is 0.178 e. The summed E-state index contributed by atoms with van der Waals surface area (Å²) in [6.45, 7) is 4.12. The molecule has 0 saturated heterocycles. The zero-order valence-corrected chi connectivity index (χ0v) is 12.4. The van der Waals surface area contributed by atoms with Crippen LogP contribution in [0.15, 0.2) is 18.3 Å². The van der Waals surface area contributed by atoms with Gasteiger partial charge in [-0.3, -0.25) is 4.68 Å². The topological polar surface area (TPSA) is 59.4 Å². The standard InChI is InChI=1S/C16H19N5/c1-10-7-8-17-16-14(10)18-15(19-16)13-9-11(2)20-21(13)12-5-3-4-6-12/h7-9,12H,3-6H2,1-2H3,(H,17,18,19). The third kappa shape index (κ3) is 2.04. The first kappa shape index (κ1) is 12.6. The lowest BCUT2D eigenvalue weighted by molar-refractivity contribution is 0.468. The number of fused-ring (bicyclic) bond motifs is 1. The maximum Gasteiger partial charge on any atom is 0.178 e. The van der Waals surface area contributed by atoms with Gasteiger partial charge in [-0.05, 0) is 44.4 Å². The van der Waals surface area contributed by atoms with E-state index in [9.17, 15) is 0 Å². The fourth-order valence-corrected chi connectivity index (χ4v) is 3.28. The summed E-state index contributed by atoms with van der Waals surface area (Å²) in [6.07, 6.45) is 6.83. The summed E-state index contributed by atoms with van der Waals surface area (Å²) in [5.41, 5.74) is 5.09. The van der Waals surface area contributed by atoms with Crippen molar-refractivity contribution >= 4 is 11.2 Å². The number of rotatable bonds is 2. The van der Waals surface area contributed by atoms with Crippen LogP contribution in [0.25, 0.3) is 22.7 Å². The predicted molar refractivity (Wildman–Crippen MR) is 82.1 cm³/mol. The van der Waals surface area contributed by atoms with Crippen LogP contribution in [0.5, 0.6) is 0 Å². The molecule has 1 saturated carbocycles. The number of nitrogens with zero attached hydrogens (tertiary/aromatic N) is 4. The molecule has 0 amide bonds. The number of aromatic amines is 1. The highest BCUT2D eigenvalue weighted by Crippen LogP contribution is 2.33. The number of nitrogens with one attached hydrogen (secondary N) is 1. The molecule has 5 nitrogen and oxygen atoms in total. The summed E-state index contributed by atoms with van der Waals surface area (Å²) in [7, 11) is 0. The predicted octanol–water partition coefficient (Wildman–Crippen LogP) is 3.55. The zero-order valence-electron chi connectivity index (χ0n) is 12.4. The molecule has 1 aliphatic carbocycles. The first-order valence-electron chi connectivity index (χ1n) is 7.60. The Balaban J connectivity index is 1.86. The molecule has 3 heterocycles. The fraction of sp³-hybridized carbons (Fsp3) is 0.438. The number of H-pyrrole nitrogens is 1. The second-order valence-electron chi connectivity index (χ2n) is 5.97. The van der Waals surface area contributed by atoms with E-state index in [2.05, 4.69) is 32.6 Å². The van der Waals surface area contributed by atoms with E-state index >= 15 is 0 Å². The van der Waals surface area contributed by atoms with Crippen molar-refractivity contribution in [3.63, 3.8) is 0 Å². The Bertz CT molecular complexity index is 792. The van der Waals surface area contributed by atoms with Gasteiger partial charge in [0.25, 0.3) is 0 Å². The average molecular weight is 281 g/mol. The Kier molecular flexibility index (Phi) is 2.80. The van der Waals surface area contributed by atoms with Crippen LogP contribution in [0.4, 0.5) is 0 Å². The minimum atomic E-state index is 0.510. The third-order valence-electron chi connectivity index (χ3n) is 4.37. The van der Waals surface area contributed by atoms with Crippen molar-refractivity contribution in [2.75, 3.05) is 0 Å². The minimum absolute atomic E-state index is 0.510. The van der Waals surface area contributed by atoms with E-state index in [1.54, 1.807) is 0 Å². The molecule has 0 radical (unpaired) electrons. The first-order valence-corrected chi connectivity index (χ1v) is 7.60. The van der Waals surface area contributed by atoms with E-state index in [4.69, 9.17) is 5.10 Å². The lowest BCUT2D eigenvalue weighted by Gasteiger charge is -2.12. The van der Waals surface area contributed by atoms with E-state index in [0.717, 1.165) is 28.4 Å². The summed E-state index contributed by atoms with van der Waals surface area (Å²) >= 11 is 0. The van der Waals surface area contributed by atoms with Crippen LogP contribution >= 0.6 is 0 Å². The molecule has 0 spiro atoms.